The monoisotopic (exact) mass is 248 g/mol. The molecule has 0 saturated heterocycles. The minimum Gasteiger partial charge on any atom is -0.386 e. The predicted octanol–water partition coefficient (Wildman–Crippen LogP) is 3.00. The van der Waals surface area contributed by atoms with Crippen LogP contribution in [0.15, 0.2) is 24.3 Å². The summed E-state index contributed by atoms with van der Waals surface area (Å²) in [7, 11) is 0. The SMILES string of the molecule is Cc1ccc(C(O)C(C)OCC(F)(F)F)cc1. The van der Waals surface area contributed by atoms with Gasteiger partial charge in [0.25, 0.3) is 0 Å². The zero-order valence-electron chi connectivity index (χ0n) is 9.66. The van der Waals surface area contributed by atoms with Crippen LogP contribution in [0, 0.1) is 6.92 Å². The van der Waals surface area contributed by atoms with E-state index in [1.54, 1.807) is 24.3 Å². The molecule has 0 aromatic heterocycles. The molecule has 0 amide bonds. The highest BCUT2D eigenvalue weighted by atomic mass is 19.4. The summed E-state index contributed by atoms with van der Waals surface area (Å²) in [5.74, 6) is 0. The Labute approximate surface area is 98.0 Å². The van der Waals surface area contributed by atoms with Gasteiger partial charge in [0.1, 0.15) is 12.7 Å². The van der Waals surface area contributed by atoms with E-state index in [0.717, 1.165) is 5.56 Å². The van der Waals surface area contributed by atoms with Crippen LogP contribution in [0.25, 0.3) is 0 Å². The molecule has 5 heteroatoms. The molecule has 0 aliphatic heterocycles. The standard InChI is InChI=1S/C12H15F3O2/c1-8-3-5-10(6-4-8)11(16)9(2)17-7-12(13,14)15/h3-6,9,11,16H,7H2,1-2H3. The highest BCUT2D eigenvalue weighted by Gasteiger charge is 2.30. The van der Waals surface area contributed by atoms with E-state index in [0.29, 0.717) is 5.56 Å². The van der Waals surface area contributed by atoms with Crippen molar-refractivity contribution in [3.05, 3.63) is 35.4 Å². The van der Waals surface area contributed by atoms with Gasteiger partial charge in [-0.2, -0.15) is 13.2 Å². The maximum Gasteiger partial charge on any atom is 0.411 e. The van der Waals surface area contributed by atoms with Crippen molar-refractivity contribution >= 4 is 0 Å². The van der Waals surface area contributed by atoms with E-state index in [4.69, 9.17) is 0 Å². The van der Waals surface area contributed by atoms with E-state index in [2.05, 4.69) is 4.74 Å². The molecule has 2 nitrogen and oxygen atoms in total. The number of benzene rings is 1. The van der Waals surface area contributed by atoms with Crippen LogP contribution in [-0.4, -0.2) is 24.0 Å². The highest BCUT2D eigenvalue weighted by Crippen LogP contribution is 2.22. The Morgan fingerprint density at radius 3 is 2.24 bits per heavy atom. The maximum atomic E-state index is 11.9. The van der Waals surface area contributed by atoms with Crippen LogP contribution in [0.2, 0.25) is 0 Å². The van der Waals surface area contributed by atoms with Gasteiger partial charge in [-0.05, 0) is 19.4 Å². The number of aliphatic hydroxyl groups is 1. The van der Waals surface area contributed by atoms with Crippen LogP contribution in [0.4, 0.5) is 13.2 Å². The van der Waals surface area contributed by atoms with Gasteiger partial charge >= 0.3 is 6.18 Å². The lowest BCUT2D eigenvalue weighted by atomic mass is 10.0. The molecule has 0 heterocycles. The molecular weight excluding hydrogens is 233 g/mol. The quantitative estimate of drug-likeness (QED) is 0.887. The first kappa shape index (κ1) is 14.0. The van der Waals surface area contributed by atoms with Crippen LogP contribution >= 0.6 is 0 Å². The van der Waals surface area contributed by atoms with Gasteiger partial charge in [0.15, 0.2) is 0 Å². The summed E-state index contributed by atoms with van der Waals surface area (Å²) < 4.78 is 40.4. The summed E-state index contributed by atoms with van der Waals surface area (Å²) in [5, 5.41) is 9.78. The molecule has 17 heavy (non-hydrogen) atoms. The first-order chi connectivity index (χ1) is 7.79. The van der Waals surface area contributed by atoms with Gasteiger partial charge in [-0.3, -0.25) is 0 Å². The first-order valence-electron chi connectivity index (χ1n) is 5.22. The van der Waals surface area contributed by atoms with Crippen LogP contribution < -0.4 is 0 Å². The number of alkyl halides is 3. The Balaban J connectivity index is 2.57. The van der Waals surface area contributed by atoms with Gasteiger partial charge in [0.05, 0.1) is 6.10 Å². The topological polar surface area (TPSA) is 29.5 Å². The first-order valence-corrected chi connectivity index (χ1v) is 5.22. The number of rotatable bonds is 4. The molecule has 0 spiro atoms. The lowest BCUT2D eigenvalue weighted by Gasteiger charge is -2.20. The van der Waals surface area contributed by atoms with Gasteiger partial charge in [0.2, 0.25) is 0 Å². The fraction of sp³-hybridized carbons (Fsp3) is 0.500. The average Bonchev–Trinajstić information content (AvgIpc) is 2.25. The van der Waals surface area contributed by atoms with E-state index in [1.807, 2.05) is 6.92 Å². The normalized spacial score (nSPS) is 15.6. The van der Waals surface area contributed by atoms with Crippen molar-refractivity contribution in [2.75, 3.05) is 6.61 Å². The molecule has 2 unspecified atom stereocenters. The Bertz CT molecular complexity index is 346. The second kappa shape index (κ2) is 5.51. The number of aryl methyl sites for hydroxylation is 1. The van der Waals surface area contributed by atoms with Gasteiger partial charge in [-0.1, -0.05) is 29.8 Å². The number of hydrogen-bond donors (Lipinski definition) is 1. The van der Waals surface area contributed by atoms with Crippen molar-refractivity contribution < 1.29 is 23.0 Å². The summed E-state index contributed by atoms with van der Waals surface area (Å²) in [6.45, 7) is 1.95. The molecule has 0 fully saturated rings. The van der Waals surface area contributed by atoms with Crippen LogP contribution in [-0.2, 0) is 4.74 Å². The fourth-order valence-corrected chi connectivity index (χ4v) is 1.35. The van der Waals surface area contributed by atoms with Crippen molar-refractivity contribution in [2.24, 2.45) is 0 Å². The van der Waals surface area contributed by atoms with Crippen LogP contribution in [0.1, 0.15) is 24.2 Å². The van der Waals surface area contributed by atoms with Gasteiger partial charge in [0, 0.05) is 0 Å². The zero-order chi connectivity index (χ0) is 13.1. The van der Waals surface area contributed by atoms with Crippen LogP contribution in [0.3, 0.4) is 0 Å². The molecule has 2 atom stereocenters. The Hall–Kier alpha value is -1.07. The molecule has 96 valence electrons. The number of halogens is 3. The van der Waals surface area contributed by atoms with E-state index in [9.17, 15) is 18.3 Å². The molecular formula is C12H15F3O2. The summed E-state index contributed by atoms with van der Waals surface area (Å²) in [6.07, 6.45) is -6.33. The maximum absolute atomic E-state index is 11.9. The van der Waals surface area contributed by atoms with Crippen molar-refractivity contribution in [1.29, 1.82) is 0 Å². The van der Waals surface area contributed by atoms with E-state index in [-0.39, 0.29) is 0 Å². The summed E-state index contributed by atoms with van der Waals surface area (Å²) in [4.78, 5) is 0. The largest absolute Gasteiger partial charge is 0.411 e. The molecule has 1 aromatic rings. The van der Waals surface area contributed by atoms with E-state index in [1.165, 1.54) is 6.92 Å². The Morgan fingerprint density at radius 1 is 1.24 bits per heavy atom. The van der Waals surface area contributed by atoms with Crippen molar-refractivity contribution in [1.82, 2.24) is 0 Å². The summed E-state index contributed by atoms with van der Waals surface area (Å²) >= 11 is 0. The lowest BCUT2D eigenvalue weighted by Crippen LogP contribution is -2.25. The smallest absolute Gasteiger partial charge is 0.386 e. The van der Waals surface area contributed by atoms with E-state index >= 15 is 0 Å². The Kier molecular flexibility index (Phi) is 4.54. The van der Waals surface area contributed by atoms with E-state index < -0.39 is 25.0 Å². The minimum absolute atomic E-state index is 0.547. The van der Waals surface area contributed by atoms with Crippen molar-refractivity contribution in [3.8, 4) is 0 Å². The number of hydrogen-bond acceptors (Lipinski definition) is 2. The minimum atomic E-state index is -4.37. The molecule has 0 aliphatic rings. The zero-order valence-corrected chi connectivity index (χ0v) is 9.66. The Morgan fingerprint density at radius 2 is 1.76 bits per heavy atom. The number of aliphatic hydroxyl groups excluding tert-OH is 1. The second-order valence-electron chi connectivity index (χ2n) is 3.99. The van der Waals surface area contributed by atoms with Gasteiger partial charge in [-0.25, -0.2) is 0 Å². The molecule has 0 radical (unpaired) electrons. The third-order valence-electron chi connectivity index (χ3n) is 2.37. The van der Waals surface area contributed by atoms with Gasteiger partial charge in [-0.15, -0.1) is 0 Å². The van der Waals surface area contributed by atoms with Gasteiger partial charge < -0.3 is 9.84 Å². The molecule has 0 bridgehead atoms. The second-order valence-corrected chi connectivity index (χ2v) is 3.99. The average molecular weight is 248 g/mol. The predicted molar refractivity (Wildman–Crippen MR) is 57.6 cm³/mol. The third-order valence-corrected chi connectivity index (χ3v) is 2.37. The number of ether oxygens (including phenoxy) is 1. The molecule has 1 N–H and O–H groups in total. The molecule has 1 aromatic carbocycles. The van der Waals surface area contributed by atoms with Crippen molar-refractivity contribution in [2.45, 2.75) is 32.2 Å². The molecule has 0 aliphatic carbocycles. The fourth-order valence-electron chi connectivity index (χ4n) is 1.35. The third kappa shape index (κ3) is 4.75. The molecule has 1 rings (SSSR count). The summed E-state index contributed by atoms with van der Waals surface area (Å²) in [5.41, 5.74) is 1.56. The lowest BCUT2D eigenvalue weighted by molar-refractivity contribution is -0.193. The summed E-state index contributed by atoms with van der Waals surface area (Å²) in [6, 6.07) is 6.92. The highest BCUT2D eigenvalue weighted by molar-refractivity contribution is 5.23. The van der Waals surface area contributed by atoms with Crippen molar-refractivity contribution in [3.63, 3.8) is 0 Å². The van der Waals surface area contributed by atoms with Crippen LogP contribution in [0.5, 0.6) is 0 Å². The molecule has 0 saturated carbocycles.